The van der Waals surface area contributed by atoms with E-state index < -0.39 is 35.6 Å². The molecule has 1 unspecified atom stereocenters. The fourth-order valence-electron chi connectivity index (χ4n) is 4.40. The van der Waals surface area contributed by atoms with Gasteiger partial charge in [-0.15, -0.1) is 11.3 Å². The molecule has 1 aliphatic rings. The quantitative estimate of drug-likeness (QED) is 0.432. The van der Waals surface area contributed by atoms with Crippen molar-refractivity contribution in [1.82, 2.24) is 4.98 Å². The van der Waals surface area contributed by atoms with Gasteiger partial charge in [-0.3, -0.25) is 9.59 Å². The van der Waals surface area contributed by atoms with Gasteiger partial charge >= 0.3 is 5.97 Å². The molecule has 0 radical (unpaired) electrons. The number of aromatic nitrogens is 1. The van der Waals surface area contributed by atoms with E-state index in [9.17, 15) is 19.8 Å². The number of hydrogen-bond acceptors (Lipinski definition) is 7. The van der Waals surface area contributed by atoms with Crippen LogP contribution in [0.3, 0.4) is 0 Å². The van der Waals surface area contributed by atoms with Gasteiger partial charge in [-0.1, -0.05) is 39.3 Å². The lowest BCUT2D eigenvalue weighted by Crippen LogP contribution is -2.45. The molecule has 34 heavy (non-hydrogen) atoms. The Morgan fingerprint density at radius 3 is 2.53 bits per heavy atom. The second-order valence-electron chi connectivity index (χ2n) is 10.4. The molecule has 2 heterocycles. The van der Waals surface area contributed by atoms with Crippen molar-refractivity contribution in [3.63, 3.8) is 0 Å². The normalized spacial score (nSPS) is 32.1. The number of allylic oxidation sites excluding steroid dienone is 1. The Hall–Kier alpha value is -1.83. The molecule has 1 aromatic heterocycles. The average molecular weight is 492 g/mol. The standard InChI is InChI=1S/C27H41NO5S/c1-16-9-8-10-17(2)25(31)19(4)26(32)27(6,7)23(29)14-24(30)33-22(12-11-16)18(3)13-21-15-34-20(5)28-21/h11,13,15,17,19,22-23,25,29,31H,8-10,12,14H2,1-7H3/b16-11-,18-13+/t17-,19?,22-,23-,25-/m0/s1. The number of thiazole rings is 1. The van der Waals surface area contributed by atoms with Gasteiger partial charge in [0.2, 0.25) is 0 Å². The minimum absolute atomic E-state index is 0.0444. The molecule has 1 aliphatic heterocycles. The number of Topliss-reactive ketones (excluding diaryl/α,β-unsaturated/α-hetero) is 1. The Kier molecular flexibility index (Phi) is 10.2. The van der Waals surface area contributed by atoms with E-state index in [1.807, 2.05) is 32.2 Å². The van der Waals surface area contributed by atoms with E-state index in [0.717, 1.165) is 35.5 Å². The van der Waals surface area contributed by atoms with Crippen molar-refractivity contribution >= 4 is 29.2 Å². The van der Waals surface area contributed by atoms with E-state index in [4.69, 9.17) is 4.74 Å². The summed E-state index contributed by atoms with van der Waals surface area (Å²) in [5, 5.41) is 24.5. The van der Waals surface area contributed by atoms with E-state index in [1.54, 1.807) is 32.1 Å². The molecule has 1 aromatic rings. The summed E-state index contributed by atoms with van der Waals surface area (Å²) in [6, 6.07) is 0. The van der Waals surface area contributed by atoms with Gasteiger partial charge in [-0.2, -0.15) is 0 Å². The van der Waals surface area contributed by atoms with Crippen LogP contribution >= 0.6 is 11.3 Å². The van der Waals surface area contributed by atoms with Gasteiger partial charge < -0.3 is 14.9 Å². The SMILES string of the molecule is C/C1=C/C[C@@H](/C(C)=C/c2csc(C)n2)OC(=O)C[C@H](O)C(C)(C)C(=O)C(C)[C@@H](O)[C@@H](C)CCC1. The number of aliphatic hydroxyl groups excluding tert-OH is 2. The zero-order chi connectivity index (χ0) is 25.6. The molecule has 6 nitrogen and oxygen atoms in total. The molecule has 7 heteroatoms. The van der Waals surface area contributed by atoms with Crippen LogP contribution in [0.25, 0.3) is 6.08 Å². The van der Waals surface area contributed by atoms with Gasteiger partial charge in [0.25, 0.3) is 0 Å². The summed E-state index contributed by atoms with van der Waals surface area (Å²) >= 11 is 1.56. The lowest BCUT2D eigenvalue weighted by molar-refractivity contribution is -0.154. The number of nitrogens with zero attached hydrogens (tertiary/aromatic N) is 1. The maximum absolute atomic E-state index is 13.2. The molecule has 0 aromatic carbocycles. The predicted molar refractivity (Wildman–Crippen MR) is 136 cm³/mol. The highest BCUT2D eigenvalue weighted by molar-refractivity contribution is 7.09. The number of carbonyl (C=O) groups excluding carboxylic acids is 2. The number of hydrogen-bond donors (Lipinski definition) is 2. The van der Waals surface area contributed by atoms with Crippen LogP contribution in [0, 0.1) is 24.2 Å². The second kappa shape index (κ2) is 12.2. The van der Waals surface area contributed by atoms with E-state index >= 15 is 0 Å². The maximum atomic E-state index is 13.2. The van der Waals surface area contributed by atoms with Crippen LogP contribution in [0.5, 0.6) is 0 Å². The number of aliphatic hydroxyl groups is 2. The van der Waals surface area contributed by atoms with Gasteiger partial charge in [0, 0.05) is 17.7 Å². The van der Waals surface area contributed by atoms with Crippen molar-refractivity contribution < 1.29 is 24.5 Å². The maximum Gasteiger partial charge on any atom is 0.309 e. The molecular weight excluding hydrogens is 450 g/mol. The van der Waals surface area contributed by atoms with Crippen LogP contribution in [0.2, 0.25) is 0 Å². The molecule has 0 spiro atoms. The van der Waals surface area contributed by atoms with E-state index in [1.165, 1.54) is 5.57 Å². The Morgan fingerprint density at radius 1 is 1.24 bits per heavy atom. The summed E-state index contributed by atoms with van der Waals surface area (Å²) in [5.74, 6) is -1.49. The van der Waals surface area contributed by atoms with Gasteiger partial charge in [0.05, 0.1) is 34.7 Å². The smallest absolute Gasteiger partial charge is 0.309 e. The highest BCUT2D eigenvalue weighted by atomic mass is 32.1. The predicted octanol–water partition coefficient (Wildman–Crippen LogP) is 5.27. The molecule has 0 bridgehead atoms. The largest absolute Gasteiger partial charge is 0.457 e. The molecule has 2 N–H and O–H groups in total. The van der Waals surface area contributed by atoms with E-state index in [0.29, 0.717) is 6.42 Å². The number of rotatable bonds is 2. The van der Waals surface area contributed by atoms with Crippen LogP contribution in [0.4, 0.5) is 0 Å². The highest BCUT2D eigenvalue weighted by Crippen LogP contribution is 2.32. The lowest BCUT2D eigenvalue weighted by Gasteiger charge is -2.34. The third-order valence-electron chi connectivity index (χ3n) is 7.04. The average Bonchev–Trinajstić information content (AvgIpc) is 3.18. The minimum Gasteiger partial charge on any atom is -0.457 e. The van der Waals surface area contributed by atoms with Crippen LogP contribution < -0.4 is 0 Å². The highest BCUT2D eigenvalue weighted by Gasteiger charge is 2.42. The van der Waals surface area contributed by atoms with Gasteiger partial charge in [0.15, 0.2) is 0 Å². The van der Waals surface area contributed by atoms with Gasteiger partial charge in [-0.05, 0) is 57.6 Å². The fourth-order valence-corrected chi connectivity index (χ4v) is 4.97. The number of aryl methyl sites for hydroxylation is 1. The minimum atomic E-state index is -1.21. The summed E-state index contributed by atoms with van der Waals surface area (Å²) in [4.78, 5) is 30.5. The molecule has 5 atom stereocenters. The van der Waals surface area contributed by atoms with Crippen molar-refractivity contribution in [3.05, 3.63) is 33.3 Å². The zero-order valence-corrected chi connectivity index (χ0v) is 22.4. The number of esters is 1. The molecule has 2 rings (SSSR count). The van der Waals surface area contributed by atoms with E-state index in [2.05, 4.69) is 18.0 Å². The number of carbonyl (C=O) groups is 2. The molecule has 190 valence electrons. The first-order valence-electron chi connectivity index (χ1n) is 12.2. The number of ketones is 1. The lowest BCUT2D eigenvalue weighted by atomic mass is 9.73. The molecule has 0 fully saturated rings. The summed E-state index contributed by atoms with van der Waals surface area (Å²) in [7, 11) is 0. The first-order chi connectivity index (χ1) is 15.8. The first-order valence-corrected chi connectivity index (χ1v) is 13.1. The fraction of sp³-hybridized carbons (Fsp3) is 0.667. The Bertz CT molecular complexity index is 916. The zero-order valence-electron chi connectivity index (χ0n) is 21.6. The van der Waals surface area contributed by atoms with Crippen molar-refractivity contribution in [2.45, 2.75) is 98.9 Å². The summed E-state index contributed by atoms with van der Waals surface area (Å²) in [5.41, 5.74) is 1.71. The van der Waals surface area contributed by atoms with E-state index in [-0.39, 0.29) is 18.1 Å². The van der Waals surface area contributed by atoms with Crippen molar-refractivity contribution in [2.24, 2.45) is 17.3 Å². The third kappa shape index (κ3) is 7.59. The monoisotopic (exact) mass is 491 g/mol. The topological polar surface area (TPSA) is 96.7 Å². The van der Waals surface area contributed by atoms with Crippen LogP contribution in [-0.4, -0.2) is 45.3 Å². The summed E-state index contributed by atoms with van der Waals surface area (Å²) < 4.78 is 5.81. The summed E-state index contributed by atoms with van der Waals surface area (Å²) in [6.45, 7) is 12.8. The number of ether oxygens (including phenoxy) is 1. The molecule has 0 aliphatic carbocycles. The molecular formula is C27H41NO5S. The summed E-state index contributed by atoms with van der Waals surface area (Å²) in [6.07, 6.45) is 4.33. The Balaban J connectivity index is 2.33. The van der Waals surface area contributed by atoms with Crippen molar-refractivity contribution in [2.75, 3.05) is 0 Å². The van der Waals surface area contributed by atoms with Crippen molar-refractivity contribution in [1.29, 1.82) is 0 Å². The Labute approximate surface area is 208 Å². The van der Waals surface area contributed by atoms with Crippen LogP contribution in [0.1, 0.15) is 84.3 Å². The van der Waals surface area contributed by atoms with Crippen LogP contribution in [0.15, 0.2) is 22.6 Å². The molecule has 0 saturated heterocycles. The number of cyclic esters (lactones) is 1. The third-order valence-corrected chi connectivity index (χ3v) is 7.83. The molecule has 0 amide bonds. The molecule has 0 saturated carbocycles. The van der Waals surface area contributed by atoms with Gasteiger partial charge in [0.1, 0.15) is 11.9 Å². The first kappa shape index (κ1) is 28.4. The van der Waals surface area contributed by atoms with Crippen LogP contribution in [-0.2, 0) is 14.3 Å². The second-order valence-corrected chi connectivity index (χ2v) is 11.5. The Morgan fingerprint density at radius 2 is 1.91 bits per heavy atom. The van der Waals surface area contributed by atoms with Crippen molar-refractivity contribution in [3.8, 4) is 0 Å². The van der Waals surface area contributed by atoms with Gasteiger partial charge in [-0.25, -0.2) is 4.98 Å².